The van der Waals surface area contributed by atoms with Gasteiger partial charge in [-0.2, -0.15) is 0 Å². The molecule has 0 aliphatic carbocycles. The number of aromatic amines is 2. The molecule has 1 amide bonds. The third-order valence-corrected chi connectivity index (χ3v) is 7.55. The molecule has 3 aromatic carbocycles. The Balaban J connectivity index is 1.42. The number of amides is 1. The van der Waals surface area contributed by atoms with Crippen molar-refractivity contribution in [3.8, 4) is 0 Å². The molecular weight excluding hydrogens is 466 g/mol. The van der Waals surface area contributed by atoms with Crippen LogP contribution in [0.5, 0.6) is 0 Å². The van der Waals surface area contributed by atoms with E-state index in [0.717, 1.165) is 45.9 Å². The fourth-order valence-electron chi connectivity index (χ4n) is 4.98. The van der Waals surface area contributed by atoms with Gasteiger partial charge in [0.25, 0.3) is 5.91 Å². The minimum Gasteiger partial charge on any atom is -0.361 e. The summed E-state index contributed by atoms with van der Waals surface area (Å²) >= 11 is 1.14. The number of aromatic nitrogens is 4. The lowest BCUT2D eigenvalue weighted by molar-refractivity contribution is 0.102. The molecule has 0 aliphatic rings. The standard InChI is InChI=1S/C29H25N5OS/c1-2-24-28(36-34-33-24)29(35)32-25-12-6-3-9-18(25)15-21(22-16-30-26-13-7-4-10-19(22)26)23-17-31-27-14-8-5-11-20(23)27/h3-14,16-17,21,30-31H,2,15H2,1H3,(H,32,35). The van der Waals surface area contributed by atoms with E-state index in [4.69, 9.17) is 0 Å². The van der Waals surface area contributed by atoms with Gasteiger partial charge in [0.1, 0.15) is 4.88 Å². The average Bonchev–Trinajstić information content (AvgIpc) is 3.66. The fourth-order valence-corrected chi connectivity index (χ4v) is 5.63. The zero-order chi connectivity index (χ0) is 24.5. The predicted octanol–water partition coefficient (Wildman–Crippen LogP) is 6.69. The number of carbonyl (C=O) groups is 1. The Bertz CT molecular complexity index is 1600. The summed E-state index contributed by atoms with van der Waals surface area (Å²) in [6.07, 6.45) is 5.63. The summed E-state index contributed by atoms with van der Waals surface area (Å²) < 4.78 is 3.98. The fraction of sp³-hybridized carbons (Fsp3) is 0.138. The molecule has 3 aromatic heterocycles. The molecule has 7 heteroatoms. The van der Waals surface area contributed by atoms with E-state index < -0.39 is 0 Å². The lowest BCUT2D eigenvalue weighted by atomic mass is 9.85. The van der Waals surface area contributed by atoms with Gasteiger partial charge in [0.15, 0.2) is 0 Å². The van der Waals surface area contributed by atoms with Crippen LogP contribution in [0.4, 0.5) is 5.69 Å². The number of aryl methyl sites for hydroxylation is 1. The van der Waals surface area contributed by atoms with Crippen LogP contribution in [0.2, 0.25) is 0 Å². The number of nitrogens with zero attached hydrogens (tertiary/aromatic N) is 2. The maximum absolute atomic E-state index is 13.1. The van der Waals surface area contributed by atoms with Crippen LogP contribution in [0, 0.1) is 0 Å². The molecule has 3 N–H and O–H groups in total. The van der Waals surface area contributed by atoms with Crippen LogP contribution in [0.3, 0.4) is 0 Å². The molecule has 0 fully saturated rings. The van der Waals surface area contributed by atoms with Crippen LogP contribution in [-0.2, 0) is 12.8 Å². The number of H-pyrrole nitrogens is 2. The van der Waals surface area contributed by atoms with E-state index in [9.17, 15) is 4.79 Å². The normalized spacial score (nSPS) is 11.5. The van der Waals surface area contributed by atoms with Crippen molar-refractivity contribution in [2.24, 2.45) is 0 Å². The number of rotatable bonds is 7. The Labute approximate surface area is 212 Å². The Kier molecular flexibility index (Phi) is 5.83. The summed E-state index contributed by atoms with van der Waals surface area (Å²) in [6, 6.07) is 24.8. The second kappa shape index (κ2) is 9.43. The molecule has 6 aromatic rings. The minimum absolute atomic E-state index is 0.0756. The van der Waals surface area contributed by atoms with Gasteiger partial charge < -0.3 is 15.3 Å². The SMILES string of the molecule is CCc1nnsc1C(=O)Nc1ccccc1CC(c1c[nH]c2ccccc12)c1c[nH]c2ccccc12. The van der Waals surface area contributed by atoms with Gasteiger partial charge in [-0.3, -0.25) is 4.79 Å². The first kappa shape index (κ1) is 22.2. The first-order chi connectivity index (χ1) is 17.7. The van der Waals surface area contributed by atoms with Gasteiger partial charge in [0, 0.05) is 45.8 Å². The maximum Gasteiger partial charge on any atom is 0.269 e. The lowest BCUT2D eigenvalue weighted by Crippen LogP contribution is -2.15. The van der Waals surface area contributed by atoms with E-state index in [1.165, 1.54) is 21.9 Å². The van der Waals surface area contributed by atoms with E-state index >= 15 is 0 Å². The van der Waals surface area contributed by atoms with E-state index in [0.29, 0.717) is 11.3 Å². The van der Waals surface area contributed by atoms with Crippen LogP contribution in [-0.4, -0.2) is 25.5 Å². The second-order valence-electron chi connectivity index (χ2n) is 8.85. The number of fused-ring (bicyclic) bond motifs is 2. The van der Waals surface area contributed by atoms with Crippen LogP contribution in [0.15, 0.2) is 85.2 Å². The van der Waals surface area contributed by atoms with E-state index in [1.54, 1.807) is 0 Å². The molecule has 0 radical (unpaired) electrons. The summed E-state index contributed by atoms with van der Waals surface area (Å²) in [7, 11) is 0. The molecule has 3 heterocycles. The number of hydrogen-bond donors (Lipinski definition) is 3. The number of para-hydroxylation sites is 3. The van der Waals surface area contributed by atoms with Crippen molar-refractivity contribution in [1.29, 1.82) is 0 Å². The number of hydrogen-bond acceptors (Lipinski definition) is 4. The first-order valence-electron chi connectivity index (χ1n) is 12.1. The summed E-state index contributed by atoms with van der Waals surface area (Å²) in [5.74, 6) is -0.0864. The number of nitrogens with one attached hydrogen (secondary N) is 3. The van der Waals surface area contributed by atoms with Crippen molar-refractivity contribution in [1.82, 2.24) is 19.6 Å². The topological polar surface area (TPSA) is 86.5 Å². The maximum atomic E-state index is 13.1. The van der Waals surface area contributed by atoms with E-state index in [-0.39, 0.29) is 11.8 Å². The highest BCUT2D eigenvalue weighted by Crippen LogP contribution is 2.38. The van der Waals surface area contributed by atoms with Gasteiger partial charge in [0.2, 0.25) is 0 Å². The largest absolute Gasteiger partial charge is 0.361 e. The van der Waals surface area contributed by atoms with Crippen molar-refractivity contribution in [2.75, 3.05) is 5.32 Å². The molecule has 0 saturated heterocycles. The summed E-state index contributed by atoms with van der Waals surface area (Å²) in [5, 5.41) is 9.64. The van der Waals surface area contributed by atoms with Gasteiger partial charge in [0.05, 0.1) is 5.69 Å². The van der Waals surface area contributed by atoms with Crippen LogP contribution in [0.25, 0.3) is 21.8 Å². The third-order valence-electron chi connectivity index (χ3n) is 6.78. The van der Waals surface area contributed by atoms with Crippen molar-refractivity contribution in [3.63, 3.8) is 0 Å². The van der Waals surface area contributed by atoms with Crippen LogP contribution >= 0.6 is 11.5 Å². The molecule has 178 valence electrons. The van der Waals surface area contributed by atoms with E-state index in [2.05, 4.69) is 79.7 Å². The molecule has 0 aliphatic heterocycles. The van der Waals surface area contributed by atoms with Gasteiger partial charge in [-0.25, -0.2) is 0 Å². The Morgan fingerprint density at radius 3 is 2.17 bits per heavy atom. The van der Waals surface area contributed by atoms with Crippen LogP contribution in [0.1, 0.15) is 44.9 Å². The number of carbonyl (C=O) groups excluding carboxylic acids is 1. The van der Waals surface area contributed by atoms with E-state index in [1.807, 2.05) is 37.3 Å². The molecule has 6 rings (SSSR count). The highest BCUT2D eigenvalue weighted by atomic mass is 32.1. The Hall–Kier alpha value is -4.23. The second-order valence-corrected chi connectivity index (χ2v) is 9.60. The van der Waals surface area contributed by atoms with Crippen molar-refractivity contribution in [2.45, 2.75) is 25.7 Å². The van der Waals surface area contributed by atoms with Crippen molar-refractivity contribution >= 4 is 44.9 Å². The van der Waals surface area contributed by atoms with Crippen molar-refractivity contribution in [3.05, 3.63) is 112 Å². The predicted molar refractivity (Wildman–Crippen MR) is 146 cm³/mol. The van der Waals surface area contributed by atoms with Gasteiger partial charge in [-0.15, -0.1) is 5.10 Å². The summed E-state index contributed by atoms with van der Waals surface area (Å²) in [6.45, 7) is 1.98. The zero-order valence-electron chi connectivity index (χ0n) is 19.8. The molecule has 0 atom stereocenters. The summed E-state index contributed by atoms with van der Waals surface area (Å²) in [5.41, 5.74) is 7.30. The monoisotopic (exact) mass is 491 g/mol. The van der Waals surface area contributed by atoms with Crippen LogP contribution < -0.4 is 5.32 Å². The molecule has 0 bridgehead atoms. The van der Waals surface area contributed by atoms with Crippen molar-refractivity contribution < 1.29 is 4.79 Å². The van der Waals surface area contributed by atoms with Gasteiger partial charge in [-0.1, -0.05) is 66.0 Å². The number of benzene rings is 3. The highest BCUT2D eigenvalue weighted by molar-refractivity contribution is 7.08. The Morgan fingerprint density at radius 1 is 0.889 bits per heavy atom. The minimum atomic E-state index is -0.162. The molecule has 36 heavy (non-hydrogen) atoms. The highest BCUT2D eigenvalue weighted by Gasteiger charge is 2.24. The third kappa shape index (κ3) is 3.97. The average molecular weight is 492 g/mol. The zero-order valence-corrected chi connectivity index (χ0v) is 20.6. The molecule has 0 saturated carbocycles. The molecule has 0 spiro atoms. The Morgan fingerprint density at radius 2 is 1.50 bits per heavy atom. The molecular formula is C29H25N5OS. The lowest BCUT2D eigenvalue weighted by Gasteiger charge is -2.19. The van der Waals surface area contributed by atoms with Gasteiger partial charge >= 0.3 is 0 Å². The smallest absolute Gasteiger partial charge is 0.269 e. The molecule has 0 unspecified atom stereocenters. The first-order valence-corrected chi connectivity index (χ1v) is 12.8. The number of anilines is 1. The van der Waals surface area contributed by atoms with Gasteiger partial charge in [-0.05, 0) is 59.3 Å². The summed E-state index contributed by atoms with van der Waals surface area (Å²) in [4.78, 5) is 20.6. The molecule has 6 nitrogen and oxygen atoms in total. The quantitative estimate of drug-likeness (QED) is 0.232.